The van der Waals surface area contributed by atoms with Gasteiger partial charge in [0.15, 0.2) is 0 Å². The summed E-state index contributed by atoms with van der Waals surface area (Å²) in [4.78, 5) is 28.6. The fraction of sp³-hybridized carbons (Fsp3) is 0.800. The average molecular weight is 406 g/mol. The Hall–Kier alpha value is -1.70. The highest BCUT2D eigenvalue weighted by molar-refractivity contribution is 7.19. The number of piperidine rings is 1. The number of nitrogens with one attached hydrogen (secondary N) is 1. The second kappa shape index (κ2) is 8.35. The lowest BCUT2D eigenvalue weighted by Gasteiger charge is -2.36. The normalized spacial score (nSPS) is 29.4. The van der Waals surface area contributed by atoms with Crippen molar-refractivity contribution in [3.05, 3.63) is 0 Å². The molecule has 0 radical (unpaired) electrons. The molecule has 4 rings (SSSR count). The van der Waals surface area contributed by atoms with Gasteiger partial charge < -0.3 is 10.2 Å². The minimum absolute atomic E-state index is 0.0910. The van der Waals surface area contributed by atoms with E-state index in [4.69, 9.17) is 0 Å². The molecule has 3 aliphatic rings. The lowest BCUT2D eigenvalue weighted by Crippen LogP contribution is -2.48. The van der Waals surface area contributed by atoms with Gasteiger partial charge in [-0.25, -0.2) is 0 Å². The second-order valence-corrected chi connectivity index (χ2v) is 9.59. The van der Waals surface area contributed by atoms with Gasteiger partial charge in [0.05, 0.1) is 0 Å². The molecule has 0 bridgehead atoms. The zero-order chi connectivity index (χ0) is 19.7. The molecule has 28 heavy (non-hydrogen) atoms. The maximum Gasteiger partial charge on any atom is 0.228 e. The molecule has 2 amide bonds. The van der Waals surface area contributed by atoms with Crippen molar-refractivity contribution in [2.75, 3.05) is 29.4 Å². The topological polar surface area (TPSA) is 78.4 Å². The van der Waals surface area contributed by atoms with Crippen LogP contribution in [0.25, 0.3) is 0 Å². The molecule has 1 saturated carbocycles. The van der Waals surface area contributed by atoms with Crippen molar-refractivity contribution < 1.29 is 9.59 Å². The predicted molar refractivity (Wildman–Crippen MR) is 111 cm³/mol. The molecular formula is C20H31N5O2S. The third-order valence-corrected chi connectivity index (χ3v) is 7.89. The smallest absolute Gasteiger partial charge is 0.228 e. The van der Waals surface area contributed by atoms with Crippen LogP contribution in [0.1, 0.15) is 58.8 Å². The molecule has 1 N–H and O–H groups in total. The lowest BCUT2D eigenvalue weighted by molar-refractivity contribution is -0.127. The number of hydrogen-bond donors (Lipinski definition) is 1. The van der Waals surface area contributed by atoms with Gasteiger partial charge in [-0.15, -0.1) is 10.2 Å². The van der Waals surface area contributed by atoms with Crippen LogP contribution in [0, 0.1) is 17.8 Å². The molecule has 2 saturated heterocycles. The molecule has 0 spiro atoms. The molecular weight excluding hydrogens is 374 g/mol. The number of carbonyl (C=O) groups excluding carboxylic acids is 2. The van der Waals surface area contributed by atoms with E-state index in [-0.39, 0.29) is 17.7 Å². The van der Waals surface area contributed by atoms with Gasteiger partial charge in [0.1, 0.15) is 0 Å². The number of amides is 2. The van der Waals surface area contributed by atoms with Crippen molar-refractivity contribution in [2.24, 2.45) is 17.8 Å². The first kappa shape index (κ1) is 19.6. The van der Waals surface area contributed by atoms with Crippen LogP contribution in [0.2, 0.25) is 0 Å². The Morgan fingerprint density at radius 2 is 1.79 bits per heavy atom. The number of nitrogens with zero attached hydrogens (tertiary/aromatic N) is 4. The molecule has 8 heteroatoms. The molecule has 7 nitrogen and oxygen atoms in total. The standard InChI is InChI=1S/C20H31N5O2S/c1-13-5-3-6-16(14(13)2)21-18(27)15-8-11-24(12-9-15)19-22-23-20(28-19)25-10-4-7-17(25)26/h13-16H,3-12H2,1-2H3,(H,21,27)/t13-,14-,16-/m1/s1. The Balaban J connectivity index is 1.29. The summed E-state index contributed by atoms with van der Waals surface area (Å²) < 4.78 is 0. The second-order valence-electron chi connectivity index (χ2n) is 8.66. The van der Waals surface area contributed by atoms with Crippen LogP contribution in [0.5, 0.6) is 0 Å². The van der Waals surface area contributed by atoms with E-state index in [0.29, 0.717) is 29.4 Å². The highest BCUT2D eigenvalue weighted by atomic mass is 32.1. The van der Waals surface area contributed by atoms with Crippen LogP contribution >= 0.6 is 11.3 Å². The lowest BCUT2D eigenvalue weighted by atomic mass is 9.78. The van der Waals surface area contributed by atoms with Crippen molar-refractivity contribution in [3.63, 3.8) is 0 Å². The largest absolute Gasteiger partial charge is 0.353 e. The average Bonchev–Trinajstić information content (AvgIpc) is 3.34. The number of aromatic nitrogens is 2. The highest BCUT2D eigenvalue weighted by Gasteiger charge is 2.32. The van der Waals surface area contributed by atoms with Gasteiger partial charge in [-0.3, -0.25) is 14.5 Å². The predicted octanol–water partition coefficient (Wildman–Crippen LogP) is 2.82. The van der Waals surface area contributed by atoms with Crippen LogP contribution in [0.4, 0.5) is 10.3 Å². The summed E-state index contributed by atoms with van der Waals surface area (Å²) in [5, 5.41) is 13.4. The van der Waals surface area contributed by atoms with Crippen LogP contribution in [0.3, 0.4) is 0 Å². The van der Waals surface area contributed by atoms with Gasteiger partial charge in [-0.05, 0) is 37.5 Å². The van der Waals surface area contributed by atoms with E-state index >= 15 is 0 Å². The fourth-order valence-corrected chi connectivity index (χ4v) is 5.66. The zero-order valence-corrected chi connectivity index (χ0v) is 17.7. The summed E-state index contributed by atoms with van der Waals surface area (Å²) in [5.74, 6) is 1.71. The minimum Gasteiger partial charge on any atom is -0.353 e. The van der Waals surface area contributed by atoms with E-state index < -0.39 is 0 Å². The third-order valence-electron chi connectivity index (χ3n) is 6.88. The summed E-state index contributed by atoms with van der Waals surface area (Å²) in [7, 11) is 0. The molecule has 0 unspecified atom stereocenters. The molecule has 2 aliphatic heterocycles. The third kappa shape index (κ3) is 4.02. The van der Waals surface area contributed by atoms with Crippen molar-refractivity contribution >= 4 is 33.4 Å². The van der Waals surface area contributed by atoms with Crippen molar-refractivity contribution in [3.8, 4) is 0 Å². The summed E-state index contributed by atoms with van der Waals surface area (Å²) in [5.41, 5.74) is 0. The number of rotatable bonds is 4. The molecule has 1 aliphatic carbocycles. The number of anilines is 2. The van der Waals surface area contributed by atoms with E-state index in [1.165, 1.54) is 24.2 Å². The first-order valence-corrected chi connectivity index (χ1v) is 11.5. The van der Waals surface area contributed by atoms with Gasteiger partial charge >= 0.3 is 0 Å². The van der Waals surface area contributed by atoms with Crippen molar-refractivity contribution in [2.45, 2.75) is 64.8 Å². The van der Waals surface area contributed by atoms with E-state index in [0.717, 1.165) is 50.4 Å². The summed E-state index contributed by atoms with van der Waals surface area (Å²) >= 11 is 1.49. The van der Waals surface area contributed by atoms with E-state index in [9.17, 15) is 9.59 Å². The maximum atomic E-state index is 12.8. The maximum absolute atomic E-state index is 12.8. The first-order chi connectivity index (χ1) is 13.5. The van der Waals surface area contributed by atoms with Gasteiger partial charge in [0.2, 0.25) is 22.1 Å². The Labute approximate surface area is 170 Å². The SMILES string of the molecule is C[C@@H]1[C@H](C)CCC[C@H]1NC(=O)C1CCN(c2nnc(N3CCCC3=O)s2)CC1. The molecule has 3 fully saturated rings. The van der Waals surface area contributed by atoms with Crippen LogP contribution in [-0.2, 0) is 9.59 Å². The van der Waals surface area contributed by atoms with Crippen LogP contribution < -0.4 is 15.1 Å². The molecule has 154 valence electrons. The van der Waals surface area contributed by atoms with E-state index in [1.54, 1.807) is 4.90 Å². The van der Waals surface area contributed by atoms with Gasteiger partial charge in [0, 0.05) is 38.0 Å². The molecule has 1 aromatic heterocycles. The Morgan fingerprint density at radius 1 is 1.04 bits per heavy atom. The van der Waals surface area contributed by atoms with Gasteiger partial charge in [0.25, 0.3) is 0 Å². The van der Waals surface area contributed by atoms with Crippen molar-refractivity contribution in [1.29, 1.82) is 0 Å². The molecule has 3 heterocycles. The Kier molecular flexibility index (Phi) is 5.85. The van der Waals surface area contributed by atoms with Gasteiger partial charge in [-0.1, -0.05) is 38.0 Å². The number of hydrogen-bond acceptors (Lipinski definition) is 6. The minimum atomic E-state index is 0.0910. The Bertz CT molecular complexity index is 715. The van der Waals surface area contributed by atoms with E-state index in [2.05, 4.69) is 34.3 Å². The first-order valence-electron chi connectivity index (χ1n) is 10.7. The molecule has 1 aromatic rings. The van der Waals surface area contributed by atoms with Crippen molar-refractivity contribution in [1.82, 2.24) is 15.5 Å². The monoisotopic (exact) mass is 405 g/mol. The Morgan fingerprint density at radius 3 is 2.50 bits per heavy atom. The zero-order valence-electron chi connectivity index (χ0n) is 16.9. The van der Waals surface area contributed by atoms with Gasteiger partial charge in [-0.2, -0.15) is 0 Å². The van der Waals surface area contributed by atoms with Crippen LogP contribution in [0.15, 0.2) is 0 Å². The highest BCUT2D eigenvalue weighted by Crippen LogP contribution is 2.33. The number of carbonyl (C=O) groups is 2. The van der Waals surface area contributed by atoms with Crippen LogP contribution in [-0.4, -0.2) is 47.7 Å². The molecule has 0 aromatic carbocycles. The summed E-state index contributed by atoms with van der Waals surface area (Å²) in [6.45, 7) is 6.95. The summed E-state index contributed by atoms with van der Waals surface area (Å²) in [6, 6.07) is 0.331. The van der Waals surface area contributed by atoms with E-state index in [1.807, 2.05) is 0 Å². The molecule has 3 atom stereocenters. The fourth-order valence-electron chi connectivity index (χ4n) is 4.71. The quantitative estimate of drug-likeness (QED) is 0.833. The summed E-state index contributed by atoms with van der Waals surface area (Å²) in [6.07, 6.45) is 6.80.